The third-order valence-corrected chi connectivity index (χ3v) is 1.82. The number of aliphatic hydroxyl groups is 1. The van der Waals surface area contributed by atoms with E-state index in [0.717, 1.165) is 0 Å². The van der Waals surface area contributed by atoms with Gasteiger partial charge < -0.3 is 9.84 Å². The number of aliphatic hydroxyl groups excluding tert-OH is 1. The maximum absolute atomic E-state index is 10.8. The minimum atomic E-state index is -0.273. The smallest absolute Gasteiger partial charge is 0.306 e. The second kappa shape index (κ2) is 8.48. The summed E-state index contributed by atoms with van der Waals surface area (Å²) in [5.74, 6) is -0.273. The maximum Gasteiger partial charge on any atom is 0.306 e. The van der Waals surface area contributed by atoms with Crippen molar-refractivity contribution >= 4 is 5.97 Å². The number of esters is 1. The molecule has 0 radical (unpaired) electrons. The molecule has 0 aromatic heterocycles. The molecule has 0 rings (SSSR count). The van der Waals surface area contributed by atoms with Gasteiger partial charge in [0.05, 0.1) is 26.2 Å². The summed E-state index contributed by atoms with van der Waals surface area (Å²) in [6.45, 7) is 1.62. The van der Waals surface area contributed by atoms with Gasteiger partial charge >= 0.3 is 5.97 Å². The van der Waals surface area contributed by atoms with Crippen LogP contribution in [-0.4, -0.2) is 49.3 Å². The Morgan fingerprint density at radius 1 is 1.50 bits per heavy atom. The molecule has 0 bridgehead atoms. The van der Waals surface area contributed by atoms with Gasteiger partial charge in [0.2, 0.25) is 0 Å². The lowest BCUT2D eigenvalue weighted by Crippen LogP contribution is -2.30. The molecular formula is C9H16N2O3. The SMILES string of the molecule is COC(=O)CCN(CCO)CCC#N. The van der Waals surface area contributed by atoms with Crippen molar-refractivity contribution in [1.82, 2.24) is 4.90 Å². The summed E-state index contributed by atoms with van der Waals surface area (Å²) in [5.41, 5.74) is 0. The third kappa shape index (κ3) is 6.40. The van der Waals surface area contributed by atoms with Crippen LogP contribution in [0, 0.1) is 11.3 Å². The number of nitrogens with zero attached hydrogens (tertiary/aromatic N) is 2. The van der Waals surface area contributed by atoms with Crippen LogP contribution in [0.2, 0.25) is 0 Å². The fraction of sp³-hybridized carbons (Fsp3) is 0.778. The van der Waals surface area contributed by atoms with Crippen LogP contribution >= 0.6 is 0 Å². The number of hydrogen-bond donors (Lipinski definition) is 1. The third-order valence-electron chi connectivity index (χ3n) is 1.82. The molecule has 0 fully saturated rings. The van der Waals surface area contributed by atoms with E-state index in [4.69, 9.17) is 10.4 Å². The predicted octanol–water partition coefficient (Wildman–Crippen LogP) is -0.243. The minimum Gasteiger partial charge on any atom is -0.469 e. The molecule has 5 nitrogen and oxygen atoms in total. The molecule has 0 aromatic carbocycles. The summed E-state index contributed by atoms with van der Waals surface area (Å²) in [5, 5.41) is 17.1. The molecule has 0 saturated carbocycles. The summed E-state index contributed by atoms with van der Waals surface area (Å²) in [6.07, 6.45) is 0.698. The Morgan fingerprint density at radius 2 is 2.21 bits per heavy atom. The summed E-state index contributed by atoms with van der Waals surface area (Å²) in [6, 6.07) is 2.02. The fourth-order valence-electron chi connectivity index (χ4n) is 1.04. The molecule has 0 aliphatic carbocycles. The van der Waals surface area contributed by atoms with Crippen molar-refractivity contribution < 1.29 is 14.6 Å². The van der Waals surface area contributed by atoms with Crippen molar-refractivity contribution in [2.45, 2.75) is 12.8 Å². The second-order valence-electron chi connectivity index (χ2n) is 2.80. The fourth-order valence-corrected chi connectivity index (χ4v) is 1.04. The lowest BCUT2D eigenvalue weighted by atomic mass is 10.3. The molecule has 0 aliphatic rings. The topological polar surface area (TPSA) is 73.6 Å². The molecule has 0 heterocycles. The van der Waals surface area contributed by atoms with Gasteiger partial charge in [-0.15, -0.1) is 0 Å². The van der Waals surface area contributed by atoms with Crippen molar-refractivity contribution in [1.29, 1.82) is 5.26 Å². The highest BCUT2D eigenvalue weighted by molar-refractivity contribution is 5.69. The zero-order valence-electron chi connectivity index (χ0n) is 8.40. The first kappa shape index (κ1) is 12.9. The largest absolute Gasteiger partial charge is 0.469 e. The molecule has 0 saturated heterocycles. The molecule has 80 valence electrons. The monoisotopic (exact) mass is 200 g/mol. The average Bonchev–Trinajstić information content (AvgIpc) is 2.21. The molecular weight excluding hydrogens is 184 g/mol. The zero-order valence-corrected chi connectivity index (χ0v) is 8.40. The van der Waals surface area contributed by atoms with Crippen LogP contribution in [0.5, 0.6) is 0 Å². The molecule has 0 spiro atoms. The molecule has 5 heteroatoms. The summed E-state index contributed by atoms with van der Waals surface area (Å²) < 4.78 is 4.49. The Morgan fingerprint density at radius 3 is 2.71 bits per heavy atom. The van der Waals surface area contributed by atoms with Gasteiger partial charge in [0.15, 0.2) is 0 Å². The average molecular weight is 200 g/mol. The Balaban J connectivity index is 3.72. The first-order valence-electron chi connectivity index (χ1n) is 4.51. The van der Waals surface area contributed by atoms with E-state index >= 15 is 0 Å². The number of carbonyl (C=O) groups excluding carboxylic acids is 1. The highest BCUT2D eigenvalue weighted by Crippen LogP contribution is 1.94. The predicted molar refractivity (Wildman–Crippen MR) is 50.4 cm³/mol. The van der Waals surface area contributed by atoms with E-state index in [9.17, 15) is 4.79 Å². The Kier molecular flexibility index (Phi) is 7.80. The van der Waals surface area contributed by atoms with E-state index < -0.39 is 0 Å². The highest BCUT2D eigenvalue weighted by Gasteiger charge is 2.07. The lowest BCUT2D eigenvalue weighted by molar-refractivity contribution is -0.141. The number of hydrogen-bond acceptors (Lipinski definition) is 5. The Bertz CT molecular complexity index is 201. The van der Waals surface area contributed by atoms with Crippen molar-refractivity contribution in [3.8, 4) is 6.07 Å². The minimum absolute atomic E-state index is 0.0343. The summed E-state index contributed by atoms with van der Waals surface area (Å²) in [4.78, 5) is 12.7. The quantitative estimate of drug-likeness (QED) is 0.574. The number of methoxy groups -OCH3 is 1. The second-order valence-corrected chi connectivity index (χ2v) is 2.80. The van der Waals surface area contributed by atoms with Crippen molar-refractivity contribution in [3.05, 3.63) is 0 Å². The van der Waals surface area contributed by atoms with Gasteiger partial charge in [0.1, 0.15) is 0 Å². The normalized spacial score (nSPS) is 9.86. The van der Waals surface area contributed by atoms with E-state index in [1.807, 2.05) is 11.0 Å². The molecule has 0 amide bonds. The van der Waals surface area contributed by atoms with Crippen molar-refractivity contribution in [2.75, 3.05) is 33.4 Å². The summed E-state index contributed by atoms with van der Waals surface area (Å²) >= 11 is 0. The molecule has 0 aromatic rings. The molecule has 0 unspecified atom stereocenters. The van der Waals surface area contributed by atoms with E-state index in [1.54, 1.807) is 0 Å². The Hall–Kier alpha value is -1.12. The summed E-state index contributed by atoms with van der Waals surface area (Å²) in [7, 11) is 1.34. The maximum atomic E-state index is 10.8. The van der Waals surface area contributed by atoms with Gasteiger partial charge in [0.25, 0.3) is 0 Å². The molecule has 0 atom stereocenters. The van der Waals surface area contributed by atoms with Crippen LogP contribution in [0.25, 0.3) is 0 Å². The van der Waals surface area contributed by atoms with Gasteiger partial charge in [-0.3, -0.25) is 9.69 Å². The number of ether oxygens (including phenoxy) is 1. The van der Waals surface area contributed by atoms with Crippen molar-refractivity contribution in [3.63, 3.8) is 0 Å². The Labute approximate surface area is 83.9 Å². The van der Waals surface area contributed by atoms with Crippen LogP contribution in [0.1, 0.15) is 12.8 Å². The van der Waals surface area contributed by atoms with Gasteiger partial charge in [-0.2, -0.15) is 5.26 Å². The van der Waals surface area contributed by atoms with E-state index in [2.05, 4.69) is 4.74 Å². The zero-order chi connectivity index (χ0) is 10.8. The number of nitriles is 1. The van der Waals surface area contributed by atoms with Gasteiger partial charge in [0, 0.05) is 26.1 Å². The van der Waals surface area contributed by atoms with Gasteiger partial charge in [-0.1, -0.05) is 0 Å². The van der Waals surface area contributed by atoms with Crippen LogP contribution in [0.15, 0.2) is 0 Å². The van der Waals surface area contributed by atoms with Crippen molar-refractivity contribution in [2.24, 2.45) is 0 Å². The van der Waals surface area contributed by atoms with E-state index in [-0.39, 0.29) is 12.6 Å². The van der Waals surface area contributed by atoms with E-state index in [1.165, 1.54) is 7.11 Å². The van der Waals surface area contributed by atoms with Crippen LogP contribution in [-0.2, 0) is 9.53 Å². The lowest BCUT2D eigenvalue weighted by Gasteiger charge is -2.18. The van der Waals surface area contributed by atoms with Crippen LogP contribution in [0.3, 0.4) is 0 Å². The van der Waals surface area contributed by atoms with Gasteiger partial charge in [-0.05, 0) is 0 Å². The van der Waals surface area contributed by atoms with E-state index in [0.29, 0.717) is 32.5 Å². The van der Waals surface area contributed by atoms with Gasteiger partial charge in [-0.25, -0.2) is 0 Å². The first-order chi connectivity index (χ1) is 6.74. The molecule has 0 aliphatic heterocycles. The first-order valence-corrected chi connectivity index (χ1v) is 4.51. The highest BCUT2D eigenvalue weighted by atomic mass is 16.5. The molecule has 14 heavy (non-hydrogen) atoms. The van der Waals surface area contributed by atoms with Crippen LogP contribution in [0.4, 0.5) is 0 Å². The van der Waals surface area contributed by atoms with Crippen LogP contribution < -0.4 is 0 Å². The standard InChI is InChI=1S/C9H16N2O3/c1-14-9(13)3-6-11(7-8-12)5-2-4-10/h12H,2-3,5-8H2,1H3. The number of carbonyl (C=O) groups is 1. The number of rotatable bonds is 7. The molecule has 1 N–H and O–H groups in total.